The van der Waals surface area contributed by atoms with Crippen LogP contribution in [0, 0.1) is 3.95 Å². The highest BCUT2D eigenvalue weighted by atomic mass is 32.2. The summed E-state index contributed by atoms with van der Waals surface area (Å²) in [4.78, 5) is 0. The van der Waals surface area contributed by atoms with Crippen LogP contribution in [-0.4, -0.2) is 18.6 Å². The van der Waals surface area contributed by atoms with Crippen LogP contribution in [0.25, 0.3) is 0 Å². The van der Waals surface area contributed by atoms with Crippen LogP contribution < -0.4 is 5.14 Å². The summed E-state index contributed by atoms with van der Waals surface area (Å²) in [5.41, 5.74) is 0. The van der Waals surface area contributed by atoms with Gasteiger partial charge in [-0.3, -0.25) is 5.10 Å². The highest BCUT2D eigenvalue weighted by Crippen LogP contribution is 2.08. The number of primary sulfonamides is 1. The number of hydrogen-bond acceptors (Lipinski definition) is 5. The summed E-state index contributed by atoms with van der Waals surface area (Å²) in [5.74, 6) is 0. The number of nitrogens with zero attached hydrogens (tertiary/aromatic N) is 1. The maximum atomic E-state index is 10.5. The van der Waals surface area contributed by atoms with Gasteiger partial charge < -0.3 is 0 Å². The second-order valence-corrected chi connectivity index (χ2v) is 4.82. The third kappa shape index (κ3) is 1.59. The molecule has 0 aliphatic rings. The molecule has 0 unspecified atom stereocenters. The van der Waals surface area contributed by atoms with E-state index in [9.17, 15) is 8.42 Å². The first kappa shape index (κ1) is 7.79. The van der Waals surface area contributed by atoms with Gasteiger partial charge in [-0.1, -0.05) is 11.3 Å². The topological polar surface area (TPSA) is 88.8 Å². The van der Waals surface area contributed by atoms with Crippen LogP contribution in [0.2, 0.25) is 0 Å². The molecule has 0 saturated carbocycles. The smallest absolute Gasteiger partial charge is 0.257 e. The Balaban J connectivity index is 3.34. The zero-order valence-corrected chi connectivity index (χ0v) is 7.02. The fourth-order valence-electron chi connectivity index (χ4n) is 0.338. The monoisotopic (exact) mass is 197 g/mol. The van der Waals surface area contributed by atoms with Crippen molar-refractivity contribution in [1.29, 1.82) is 0 Å². The maximum Gasteiger partial charge on any atom is 0.267 e. The van der Waals surface area contributed by atoms with Crippen LogP contribution in [0.5, 0.6) is 0 Å². The summed E-state index contributed by atoms with van der Waals surface area (Å²) in [5, 5.41) is 10.4. The molecule has 0 bridgehead atoms. The largest absolute Gasteiger partial charge is 0.267 e. The molecule has 0 aromatic carbocycles. The molecule has 0 fully saturated rings. The highest BCUT2D eigenvalue weighted by molar-refractivity contribution is 7.91. The Bertz CT molecular complexity index is 372. The van der Waals surface area contributed by atoms with E-state index in [1.165, 1.54) is 0 Å². The molecular weight excluding hydrogens is 194 g/mol. The molecule has 5 nitrogen and oxygen atoms in total. The molecule has 1 heterocycles. The van der Waals surface area contributed by atoms with Gasteiger partial charge in [-0.15, -0.1) is 5.10 Å². The van der Waals surface area contributed by atoms with Gasteiger partial charge in [0.25, 0.3) is 10.0 Å². The summed E-state index contributed by atoms with van der Waals surface area (Å²) >= 11 is 5.41. The number of sulfonamides is 1. The summed E-state index contributed by atoms with van der Waals surface area (Å²) in [7, 11) is -3.67. The van der Waals surface area contributed by atoms with E-state index >= 15 is 0 Å². The van der Waals surface area contributed by atoms with E-state index in [1.807, 2.05) is 0 Å². The molecule has 0 spiro atoms. The van der Waals surface area contributed by atoms with Crippen LogP contribution >= 0.6 is 23.6 Å². The Hall–Kier alpha value is -0.310. The number of aromatic amines is 1. The molecule has 1 rings (SSSR count). The van der Waals surface area contributed by atoms with E-state index in [0.29, 0.717) is 3.95 Å². The van der Waals surface area contributed by atoms with E-state index in [2.05, 4.69) is 22.4 Å². The molecule has 0 radical (unpaired) electrons. The van der Waals surface area contributed by atoms with Gasteiger partial charge in [0.2, 0.25) is 4.34 Å². The van der Waals surface area contributed by atoms with E-state index in [0.717, 1.165) is 11.3 Å². The number of nitrogens with one attached hydrogen (secondary N) is 1. The van der Waals surface area contributed by atoms with Crippen molar-refractivity contribution in [3.05, 3.63) is 3.95 Å². The van der Waals surface area contributed by atoms with Gasteiger partial charge in [0.15, 0.2) is 3.95 Å². The zero-order valence-electron chi connectivity index (χ0n) is 4.57. The van der Waals surface area contributed by atoms with Crippen molar-refractivity contribution in [2.45, 2.75) is 4.34 Å². The molecule has 0 atom stereocenters. The zero-order chi connectivity index (χ0) is 7.78. The lowest BCUT2D eigenvalue weighted by molar-refractivity contribution is 0.596. The van der Waals surface area contributed by atoms with E-state index in [4.69, 9.17) is 5.14 Å². The standard InChI is InChI=1S/C2H3N3O2S3/c3-10(6,7)2-5-4-1(8)9-2/h(H,4,8)(H2,3,6,7). The SMILES string of the molecule is NS(=O)(=O)c1n[nH]c(=S)s1. The van der Waals surface area contributed by atoms with Crippen molar-refractivity contribution < 1.29 is 8.42 Å². The van der Waals surface area contributed by atoms with Gasteiger partial charge in [-0.2, -0.15) is 0 Å². The predicted molar refractivity (Wildman–Crippen MR) is 38.7 cm³/mol. The van der Waals surface area contributed by atoms with E-state index in [-0.39, 0.29) is 4.34 Å². The van der Waals surface area contributed by atoms with Crippen LogP contribution in [0.4, 0.5) is 0 Å². The number of nitrogens with two attached hydrogens (primary N) is 1. The first-order valence-corrected chi connectivity index (χ1v) is 4.85. The van der Waals surface area contributed by atoms with Gasteiger partial charge in [0, 0.05) is 0 Å². The number of H-pyrrole nitrogens is 1. The Morgan fingerprint density at radius 2 is 2.30 bits per heavy atom. The lowest BCUT2D eigenvalue weighted by Crippen LogP contribution is -2.11. The number of hydrogen-bond donors (Lipinski definition) is 2. The molecule has 1 aromatic heterocycles. The fourth-order valence-corrected chi connectivity index (χ4v) is 2.01. The Kier molecular flexibility index (Phi) is 1.86. The van der Waals surface area contributed by atoms with E-state index < -0.39 is 10.0 Å². The minimum Gasteiger partial charge on any atom is -0.257 e. The van der Waals surface area contributed by atoms with Gasteiger partial charge in [-0.25, -0.2) is 13.6 Å². The first-order valence-electron chi connectivity index (χ1n) is 2.08. The quantitative estimate of drug-likeness (QED) is 0.613. The second-order valence-electron chi connectivity index (χ2n) is 1.42. The third-order valence-corrected chi connectivity index (χ3v) is 3.07. The van der Waals surface area contributed by atoms with Crippen LogP contribution in [0.15, 0.2) is 4.34 Å². The van der Waals surface area contributed by atoms with Crippen LogP contribution in [0.1, 0.15) is 0 Å². The summed E-state index contributed by atoms with van der Waals surface area (Å²) < 4.78 is 21.1. The molecule has 0 aliphatic carbocycles. The molecular formula is C2H3N3O2S3. The van der Waals surface area contributed by atoms with Crippen molar-refractivity contribution in [1.82, 2.24) is 10.2 Å². The van der Waals surface area contributed by atoms with Crippen molar-refractivity contribution in [3.8, 4) is 0 Å². The van der Waals surface area contributed by atoms with Crippen molar-refractivity contribution in [3.63, 3.8) is 0 Å². The van der Waals surface area contributed by atoms with E-state index in [1.54, 1.807) is 0 Å². The predicted octanol–water partition coefficient (Wildman–Crippen LogP) is -0.152. The molecule has 1 aromatic rings. The lowest BCUT2D eigenvalue weighted by atomic mass is 11.6. The minimum atomic E-state index is -3.67. The molecule has 3 N–H and O–H groups in total. The average molecular weight is 197 g/mol. The normalized spacial score (nSPS) is 11.7. The molecule has 0 aliphatic heterocycles. The molecule has 0 saturated heterocycles. The molecule has 10 heavy (non-hydrogen) atoms. The van der Waals surface area contributed by atoms with Crippen molar-refractivity contribution in [2.24, 2.45) is 5.14 Å². The lowest BCUT2D eigenvalue weighted by Gasteiger charge is -1.83. The molecule has 8 heteroatoms. The van der Waals surface area contributed by atoms with Gasteiger partial charge >= 0.3 is 0 Å². The van der Waals surface area contributed by atoms with Gasteiger partial charge in [0.05, 0.1) is 0 Å². The Morgan fingerprint density at radius 1 is 1.70 bits per heavy atom. The summed E-state index contributed by atoms with van der Waals surface area (Å²) in [6.07, 6.45) is 0. The average Bonchev–Trinajstić information content (AvgIpc) is 2.11. The van der Waals surface area contributed by atoms with Crippen LogP contribution in [-0.2, 0) is 10.0 Å². The first-order chi connectivity index (χ1) is 4.50. The van der Waals surface area contributed by atoms with Gasteiger partial charge in [0.1, 0.15) is 0 Å². The van der Waals surface area contributed by atoms with Crippen LogP contribution in [0.3, 0.4) is 0 Å². The Labute approximate surface area is 65.9 Å². The Morgan fingerprint density at radius 3 is 2.50 bits per heavy atom. The van der Waals surface area contributed by atoms with Crippen molar-refractivity contribution in [2.75, 3.05) is 0 Å². The van der Waals surface area contributed by atoms with Gasteiger partial charge in [-0.05, 0) is 12.2 Å². The second kappa shape index (κ2) is 2.38. The maximum absolute atomic E-state index is 10.5. The molecule has 56 valence electrons. The summed E-state index contributed by atoms with van der Waals surface area (Å²) in [6, 6.07) is 0. The number of aromatic nitrogens is 2. The molecule has 0 amide bonds. The highest BCUT2D eigenvalue weighted by Gasteiger charge is 2.10. The number of rotatable bonds is 1. The summed E-state index contributed by atoms with van der Waals surface area (Å²) in [6.45, 7) is 0. The minimum absolute atomic E-state index is 0.183. The third-order valence-electron chi connectivity index (χ3n) is 0.662. The fraction of sp³-hybridized carbons (Fsp3) is 0. The van der Waals surface area contributed by atoms with Crippen molar-refractivity contribution >= 4 is 33.6 Å².